The maximum absolute atomic E-state index is 12.2. The van der Waals surface area contributed by atoms with E-state index in [0.29, 0.717) is 0 Å². The third-order valence-electron chi connectivity index (χ3n) is 3.55. The van der Waals surface area contributed by atoms with Gasteiger partial charge in [0.2, 0.25) is 0 Å². The number of aromatic nitrogens is 1. The summed E-state index contributed by atoms with van der Waals surface area (Å²) in [6.07, 6.45) is 0. The number of rotatable bonds is 2. The largest absolute Gasteiger partial charge is 0.330 e. The van der Waals surface area contributed by atoms with Crippen LogP contribution in [0.3, 0.4) is 0 Å². The van der Waals surface area contributed by atoms with Crippen molar-refractivity contribution >= 4 is 39.1 Å². The van der Waals surface area contributed by atoms with Gasteiger partial charge in [-0.25, -0.2) is 4.79 Å². The molecule has 0 atom stereocenters. The zero-order valence-corrected chi connectivity index (χ0v) is 13.0. The fourth-order valence-corrected chi connectivity index (χ4v) is 3.16. The van der Waals surface area contributed by atoms with E-state index in [1.165, 1.54) is 4.70 Å². The molecule has 0 aliphatic rings. The normalized spacial score (nSPS) is 10.8. The van der Waals surface area contributed by atoms with Crippen LogP contribution in [0.15, 0.2) is 35.7 Å². The van der Waals surface area contributed by atoms with E-state index in [-0.39, 0.29) is 6.03 Å². The molecule has 0 aliphatic heterocycles. The van der Waals surface area contributed by atoms with E-state index in [2.05, 4.69) is 10.6 Å². The van der Waals surface area contributed by atoms with Gasteiger partial charge < -0.3 is 9.88 Å². The van der Waals surface area contributed by atoms with E-state index in [9.17, 15) is 4.79 Å². The molecule has 5 heteroatoms. The van der Waals surface area contributed by atoms with E-state index >= 15 is 0 Å². The van der Waals surface area contributed by atoms with Crippen molar-refractivity contribution in [3.63, 3.8) is 0 Å². The average Bonchev–Trinajstić information content (AvgIpc) is 2.99. The van der Waals surface area contributed by atoms with E-state index in [0.717, 1.165) is 28.1 Å². The first-order chi connectivity index (χ1) is 10.0. The number of anilines is 2. The van der Waals surface area contributed by atoms with Crippen LogP contribution in [0, 0.1) is 13.8 Å². The van der Waals surface area contributed by atoms with Gasteiger partial charge in [0.05, 0.1) is 10.2 Å². The van der Waals surface area contributed by atoms with Crippen LogP contribution in [0.4, 0.5) is 16.3 Å². The maximum atomic E-state index is 12.2. The number of nitrogens with one attached hydrogen (secondary N) is 2. The Morgan fingerprint density at radius 2 is 1.95 bits per heavy atom. The number of benzene rings is 1. The Bertz CT molecular complexity index is 816. The van der Waals surface area contributed by atoms with Crippen LogP contribution >= 0.6 is 11.3 Å². The van der Waals surface area contributed by atoms with Gasteiger partial charge in [0.15, 0.2) is 0 Å². The standard InChI is InChI=1S/C16H17N3OS/c1-10-4-5-11(2)12(8-10)17-16(20)18-15-9-14-13(19(15)3)6-7-21-14/h4-9H,1-3H3,(H2,17,18,20). The van der Waals surface area contributed by atoms with Crippen LogP contribution in [0.25, 0.3) is 10.2 Å². The van der Waals surface area contributed by atoms with Crippen LogP contribution in [-0.2, 0) is 7.05 Å². The highest BCUT2D eigenvalue weighted by Crippen LogP contribution is 2.27. The molecule has 2 N–H and O–H groups in total. The molecule has 3 rings (SSSR count). The predicted octanol–water partition coefficient (Wildman–Crippen LogP) is 4.50. The van der Waals surface area contributed by atoms with Crippen LogP contribution in [0.1, 0.15) is 11.1 Å². The molecule has 3 aromatic rings. The molecule has 0 radical (unpaired) electrons. The number of aryl methyl sites for hydroxylation is 3. The zero-order chi connectivity index (χ0) is 15.0. The van der Waals surface area contributed by atoms with Crippen molar-refractivity contribution in [3.05, 3.63) is 46.8 Å². The molecule has 2 heterocycles. The highest BCUT2D eigenvalue weighted by atomic mass is 32.1. The number of hydrogen-bond acceptors (Lipinski definition) is 2. The molecular weight excluding hydrogens is 282 g/mol. The number of fused-ring (bicyclic) bond motifs is 1. The monoisotopic (exact) mass is 299 g/mol. The SMILES string of the molecule is Cc1ccc(C)c(NC(=O)Nc2cc3sccc3n2C)c1. The topological polar surface area (TPSA) is 46.1 Å². The molecule has 21 heavy (non-hydrogen) atoms. The molecule has 0 saturated heterocycles. The minimum atomic E-state index is -0.225. The van der Waals surface area contributed by atoms with E-state index in [1.807, 2.05) is 61.2 Å². The summed E-state index contributed by atoms with van der Waals surface area (Å²) in [5, 5.41) is 7.85. The van der Waals surface area contributed by atoms with E-state index in [1.54, 1.807) is 11.3 Å². The molecule has 0 saturated carbocycles. The number of hydrogen-bond donors (Lipinski definition) is 2. The van der Waals surface area contributed by atoms with Gasteiger partial charge in [0.1, 0.15) is 5.82 Å². The Morgan fingerprint density at radius 3 is 2.71 bits per heavy atom. The third kappa shape index (κ3) is 2.64. The smallest absolute Gasteiger partial charge is 0.324 e. The van der Waals surface area contributed by atoms with Crippen molar-refractivity contribution in [3.8, 4) is 0 Å². The maximum Gasteiger partial charge on any atom is 0.324 e. The van der Waals surface area contributed by atoms with Crippen LogP contribution in [-0.4, -0.2) is 10.6 Å². The van der Waals surface area contributed by atoms with Crippen molar-refractivity contribution in [2.75, 3.05) is 10.6 Å². The number of thiophene rings is 1. The summed E-state index contributed by atoms with van der Waals surface area (Å²) in [6.45, 7) is 3.99. The predicted molar refractivity (Wildman–Crippen MR) is 89.4 cm³/mol. The lowest BCUT2D eigenvalue weighted by molar-refractivity contribution is 0.262. The Labute approximate surface area is 127 Å². The summed E-state index contributed by atoms with van der Waals surface area (Å²) in [5.74, 6) is 0.791. The minimum absolute atomic E-state index is 0.225. The number of nitrogens with zero attached hydrogens (tertiary/aromatic N) is 1. The van der Waals surface area contributed by atoms with Crippen LogP contribution in [0.2, 0.25) is 0 Å². The van der Waals surface area contributed by atoms with Gasteiger partial charge in [-0.05, 0) is 48.6 Å². The number of amides is 2. The summed E-state index contributed by atoms with van der Waals surface area (Å²) >= 11 is 1.67. The van der Waals surface area contributed by atoms with Gasteiger partial charge in [-0.1, -0.05) is 12.1 Å². The molecule has 0 bridgehead atoms. The summed E-state index contributed by atoms with van der Waals surface area (Å²) < 4.78 is 3.15. The Balaban J connectivity index is 1.78. The van der Waals surface area contributed by atoms with Crippen molar-refractivity contribution < 1.29 is 4.79 Å². The Kier molecular flexibility index (Phi) is 3.43. The van der Waals surface area contributed by atoms with Crippen LogP contribution < -0.4 is 10.6 Å². The average molecular weight is 299 g/mol. The first kappa shape index (κ1) is 13.7. The fourth-order valence-electron chi connectivity index (χ4n) is 2.31. The molecule has 2 aromatic heterocycles. The summed E-state index contributed by atoms with van der Waals surface area (Å²) in [6, 6.07) is 9.82. The Morgan fingerprint density at radius 1 is 1.14 bits per heavy atom. The molecule has 1 aromatic carbocycles. The summed E-state index contributed by atoms with van der Waals surface area (Å²) in [5.41, 5.74) is 4.13. The molecular formula is C16H17N3OS. The molecule has 4 nitrogen and oxygen atoms in total. The summed E-state index contributed by atoms with van der Waals surface area (Å²) in [7, 11) is 1.95. The highest BCUT2D eigenvalue weighted by Gasteiger charge is 2.10. The second-order valence-electron chi connectivity index (χ2n) is 5.16. The molecule has 0 aliphatic carbocycles. The Hall–Kier alpha value is -2.27. The molecule has 0 unspecified atom stereocenters. The van der Waals surface area contributed by atoms with Crippen molar-refractivity contribution in [2.24, 2.45) is 7.05 Å². The number of urea groups is 1. The van der Waals surface area contributed by atoms with E-state index < -0.39 is 0 Å². The first-order valence-corrected chi connectivity index (χ1v) is 7.61. The summed E-state index contributed by atoms with van der Waals surface area (Å²) in [4.78, 5) is 12.2. The molecule has 2 amide bonds. The number of carbonyl (C=O) groups is 1. The molecule has 0 spiro atoms. The lowest BCUT2D eigenvalue weighted by Gasteiger charge is -2.11. The van der Waals surface area contributed by atoms with E-state index in [4.69, 9.17) is 0 Å². The van der Waals surface area contributed by atoms with Gasteiger partial charge in [-0.15, -0.1) is 11.3 Å². The van der Waals surface area contributed by atoms with Gasteiger partial charge in [-0.2, -0.15) is 0 Å². The van der Waals surface area contributed by atoms with Crippen molar-refractivity contribution in [1.82, 2.24) is 4.57 Å². The quantitative estimate of drug-likeness (QED) is 0.719. The lowest BCUT2D eigenvalue weighted by atomic mass is 10.1. The molecule has 0 fully saturated rings. The fraction of sp³-hybridized carbons (Fsp3) is 0.188. The van der Waals surface area contributed by atoms with Crippen molar-refractivity contribution in [1.29, 1.82) is 0 Å². The lowest BCUT2D eigenvalue weighted by Crippen LogP contribution is -2.21. The van der Waals surface area contributed by atoms with Crippen LogP contribution in [0.5, 0.6) is 0 Å². The zero-order valence-electron chi connectivity index (χ0n) is 12.2. The van der Waals surface area contributed by atoms with Gasteiger partial charge in [0, 0.05) is 12.7 Å². The number of carbonyl (C=O) groups excluding carboxylic acids is 1. The minimum Gasteiger partial charge on any atom is -0.330 e. The van der Waals surface area contributed by atoms with Gasteiger partial charge in [0.25, 0.3) is 0 Å². The van der Waals surface area contributed by atoms with Gasteiger partial charge >= 0.3 is 6.03 Å². The second-order valence-corrected chi connectivity index (χ2v) is 6.10. The molecule has 108 valence electrons. The highest BCUT2D eigenvalue weighted by molar-refractivity contribution is 7.17. The third-order valence-corrected chi connectivity index (χ3v) is 4.40. The second kappa shape index (κ2) is 5.26. The van der Waals surface area contributed by atoms with Gasteiger partial charge in [-0.3, -0.25) is 5.32 Å². The first-order valence-electron chi connectivity index (χ1n) is 6.73. The van der Waals surface area contributed by atoms with Crippen molar-refractivity contribution in [2.45, 2.75) is 13.8 Å².